The Balaban J connectivity index is 1.74. The number of halogens is 1. The van der Waals surface area contributed by atoms with Gasteiger partial charge >= 0.3 is 0 Å². The average Bonchev–Trinajstić information content (AvgIpc) is 3.27. The van der Waals surface area contributed by atoms with E-state index < -0.39 is 0 Å². The van der Waals surface area contributed by atoms with E-state index in [4.69, 9.17) is 16.1 Å². The van der Waals surface area contributed by atoms with Crippen LogP contribution in [0.3, 0.4) is 0 Å². The Labute approximate surface area is 140 Å². The summed E-state index contributed by atoms with van der Waals surface area (Å²) in [5.74, 6) is 0.894. The van der Waals surface area contributed by atoms with E-state index in [9.17, 15) is 0 Å². The molecule has 114 valence electrons. The first-order valence-corrected chi connectivity index (χ1v) is 8.04. The number of rotatable bonds is 3. The summed E-state index contributed by atoms with van der Waals surface area (Å²) in [6, 6.07) is 11.3. The minimum absolute atomic E-state index is 0.346. The minimum atomic E-state index is 0.346. The number of aromatic nitrogens is 5. The highest BCUT2D eigenvalue weighted by Gasteiger charge is 2.19. The van der Waals surface area contributed by atoms with E-state index >= 15 is 0 Å². The fourth-order valence-electron chi connectivity index (χ4n) is 2.21. The maximum Gasteiger partial charge on any atom is 0.280 e. The van der Waals surface area contributed by atoms with Gasteiger partial charge in [-0.05, 0) is 36.6 Å². The first-order chi connectivity index (χ1) is 11.2. The van der Waals surface area contributed by atoms with E-state index in [1.54, 1.807) is 16.0 Å². The van der Waals surface area contributed by atoms with Crippen LogP contribution in [0.1, 0.15) is 5.69 Å². The second-order valence-corrected chi connectivity index (χ2v) is 6.20. The summed E-state index contributed by atoms with van der Waals surface area (Å²) in [5.41, 5.74) is 2.18. The topological polar surface area (TPSA) is 69.6 Å². The third kappa shape index (κ3) is 2.54. The molecule has 0 aliphatic carbocycles. The van der Waals surface area contributed by atoms with E-state index in [1.807, 2.05) is 48.7 Å². The molecule has 0 unspecified atom stereocenters. The van der Waals surface area contributed by atoms with Gasteiger partial charge in [0.2, 0.25) is 5.82 Å². The van der Waals surface area contributed by atoms with Gasteiger partial charge in [-0.2, -0.15) is 4.98 Å². The number of thiophene rings is 1. The number of hydrogen-bond donors (Lipinski definition) is 0. The summed E-state index contributed by atoms with van der Waals surface area (Å²) in [6.07, 6.45) is 0. The molecule has 0 radical (unpaired) electrons. The van der Waals surface area contributed by atoms with Crippen molar-refractivity contribution < 1.29 is 4.52 Å². The molecule has 0 amide bonds. The third-order valence-electron chi connectivity index (χ3n) is 3.32. The standard InChI is InChI=1S/C15H10ClN5OS/c1-9-13(15-17-14(19-22-15)12-6-3-7-23-12)18-20-21(9)11-5-2-4-10(16)8-11/h2-8H,1H3. The van der Waals surface area contributed by atoms with E-state index in [-0.39, 0.29) is 0 Å². The molecule has 0 fully saturated rings. The molecule has 0 spiro atoms. The Morgan fingerprint density at radius 3 is 2.91 bits per heavy atom. The fraction of sp³-hybridized carbons (Fsp3) is 0.0667. The normalized spacial score (nSPS) is 11.0. The highest BCUT2D eigenvalue weighted by atomic mass is 35.5. The zero-order valence-electron chi connectivity index (χ0n) is 12.0. The highest BCUT2D eigenvalue weighted by Crippen LogP contribution is 2.26. The molecular weight excluding hydrogens is 334 g/mol. The molecule has 0 saturated heterocycles. The molecule has 3 heterocycles. The molecular formula is C15H10ClN5OS. The lowest BCUT2D eigenvalue weighted by atomic mass is 10.3. The van der Waals surface area contributed by atoms with Crippen molar-refractivity contribution in [2.45, 2.75) is 6.92 Å². The first kappa shape index (κ1) is 14.1. The summed E-state index contributed by atoms with van der Waals surface area (Å²) in [5, 5.41) is 14.9. The van der Waals surface area contributed by atoms with Crippen molar-refractivity contribution in [1.82, 2.24) is 25.1 Å². The van der Waals surface area contributed by atoms with Gasteiger partial charge in [0.1, 0.15) is 0 Å². The fourth-order valence-corrected chi connectivity index (χ4v) is 3.04. The van der Waals surface area contributed by atoms with Crippen molar-refractivity contribution in [1.29, 1.82) is 0 Å². The van der Waals surface area contributed by atoms with Gasteiger partial charge in [0.05, 0.1) is 16.3 Å². The average molecular weight is 344 g/mol. The Bertz CT molecular complexity index is 960. The lowest BCUT2D eigenvalue weighted by molar-refractivity contribution is 0.431. The molecule has 0 aliphatic heterocycles. The minimum Gasteiger partial charge on any atom is -0.332 e. The summed E-state index contributed by atoms with van der Waals surface area (Å²) in [4.78, 5) is 5.34. The number of nitrogens with zero attached hydrogens (tertiary/aromatic N) is 5. The van der Waals surface area contributed by atoms with Crippen LogP contribution in [0.4, 0.5) is 0 Å². The van der Waals surface area contributed by atoms with Gasteiger partial charge in [-0.25, -0.2) is 4.68 Å². The molecule has 0 aliphatic rings. The lowest BCUT2D eigenvalue weighted by Gasteiger charge is -2.02. The summed E-state index contributed by atoms with van der Waals surface area (Å²) >= 11 is 7.58. The lowest BCUT2D eigenvalue weighted by Crippen LogP contribution is -1.98. The van der Waals surface area contributed by atoms with Crippen LogP contribution in [0.2, 0.25) is 5.02 Å². The Morgan fingerprint density at radius 1 is 1.22 bits per heavy atom. The Kier molecular flexibility index (Phi) is 3.44. The van der Waals surface area contributed by atoms with Crippen molar-refractivity contribution in [3.8, 4) is 28.0 Å². The smallest absolute Gasteiger partial charge is 0.280 e. The quantitative estimate of drug-likeness (QED) is 0.562. The van der Waals surface area contributed by atoms with Crippen LogP contribution in [-0.4, -0.2) is 25.1 Å². The van der Waals surface area contributed by atoms with Gasteiger partial charge in [0, 0.05) is 5.02 Å². The van der Waals surface area contributed by atoms with Gasteiger partial charge < -0.3 is 4.52 Å². The maximum absolute atomic E-state index is 6.03. The molecule has 1 aromatic carbocycles. The van der Waals surface area contributed by atoms with Crippen molar-refractivity contribution in [2.24, 2.45) is 0 Å². The molecule has 6 nitrogen and oxygen atoms in total. The zero-order valence-corrected chi connectivity index (χ0v) is 13.5. The molecule has 0 N–H and O–H groups in total. The third-order valence-corrected chi connectivity index (χ3v) is 4.42. The van der Waals surface area contributed by atoms with Crippen LogP contribution in [0.5, 0.6) is 0 Å². The van der Waals surface area contributed by atoms with Gasteiger partial charge in [-0.15, -0.1) is 16.4 Å². The molecule has 8 heteroatoms. The van der Waals surface area contributed by atoms with Crippen LogP contribution in [-0.2, 0) is 0 Å². The second-order valence-electron chi connectivity index (χ2n) is 4.82. The van der Waals surface area contributed by atoms with Crippen molar-refractivity contribution in [3.05, 3.63) is 52.5 Å². The zero-order chi connectivity index (χ0) is 15.8. The van der Waals surface area contributed by atoms with Crippen LogP contribution < -0.4 is 0 Å². The summed E-state index contributed by atoms with van der Waals surface area (Å²) < 4.78 is 7.02. The van der Waals surface area contributed by atoms with Crippen LogP contribution in [0.25, 0.3) is 28.0 Å². The largest absolute Gasteiger partial charge is 0.332 e. The Hall–Kier alpha value is -2.51. The molecule has 0 saturated carbocycles. The van der Waals surface area contributed by atoms with Crippen LogP contribution >= 0.6 is 22.9 Å². The predicted molar refractivity (Wildman–Crippen MR) is 87.7 cm³/mol. The van der Waals surface area contributed by atoms with Crippen molar-refractivity contribution >= 4 is 22.9 Å². The molecule has 4 rings (SSSR count). The van der Waals surface area contributed by atoms with E-state index in [2.05, 4.69) is 20.5 Å². The number of benzene rings is 1. The molecule has 4 aromatic rings. The predicted octanol–water partition coefficient (Wildman–Crippen LogP) is 4.01. The first-order valence-electron chi connectivity index (χ1n) is 6.78. The van der Waals surface area contributed by atoms with Crippen LogP contribution in [0.15, 0.2) is 46.3 Å². The summed E-state index contributed by atoms with van der Waals surface area (Å²) in [6.45, 7) is 1.89. The van der Waals surface area contributed by atoms with Gasteiger partial charge in [0.15, 0.2) is 5.69 Å². The Morgan fingerprint density at radius 2 is 2.13 bits per heavy atom. The summed E-state index contributed by atoms with van der Waals surface area (Å²) in [7, 11) is 0. The van der Waals surface area contributed by atoms with E-state index in [0.717, 1.165) is 16.3 Å². The second kappa shape index (κ2) is 5.60. The van der Waals surface area contributed by atoms with Crippen LogP contribution in [0, 0.1) is 6.92 Å². The van der Waals surface area contributed by atoms with Crippen molar-refractivity contribution in [2.75, 3.05) is 0 Å². The van der Waals surface area contributed by atoms with E-state index in [0.29, 0.717) is 22.4 Å². The SMILES string of the molecule is Cc1c(-c2nc(-c3cccs3)no2)nnn1-c1cccc(Cl)c1. The van der Waals surface area contributed by atoms with Gasteiger partial charge in [0.25, 0.3) is 5.89 Å². The van der Waals surface area contributed by atoms with E-state index in [1.165, 1.54) is 0 Å². The monoisotopic (exact) mass is 343 g/mol. The molecule has 0 bridgehead atoms. The highest BCUT2D eigenvalue weighted by molar-refractivity contribution is 7.13. The van der Waals surface area contributed by atoms with Gasteiger partial charge in [-0.3, -0.25) is 0 Å². The number of hydrogen-bond acceptors (Lipinski definition) is 6. The maximum atomic E-state index is 6.03. The van der Waals surface area contributed by atoms with Crippen molar-refractivity contribution in [3.63, 3.8) is 0 Å². The molecule has 0 atom stereocenters. The molecule has 3 aromatic heterocycles. The molecule has 23 heavy (non-hydrogen) atoms. The van der Waals surface area contributed by atoms with Gasteiger partial charge in [-0.1, -0.05) is 34.1 Å².